The van der Waals surface area contributed by atoms with E-state index < -0.39 is 0 Å². The number of nitrogens with two attached hydrogens (primary N) is 4. The lowest BCUT2D eigenvalue weighted by Gasteiger charge is -2.11. The van der Waals surface area contributed by atoms with Crippen LogP contribution in [0.4, 0.5) is 5.95 Å². The molecular weight excluding hydrogens is 260 g/mol. The fraction of sp³-hybridized carbons (Fsp3) is 0.636. The van der Waals surface area contributed by atoms with Gasteiger partial charge in [-0.2, -0.15) is 4.98 Å². The summed E-state index contributed by atoms with van der Waals surface area (Å²) in [6, 6.07) is 0.0644. The average Bonchev–Trinajstić information content (AvgIpc) is 2.37. The van der Waals surface area contributed by atoms with Gasteiger partial charge in [-0.3, -0.25) is 9.56 Å². The molecule has 8 N–H and O–H groups in total. The molecule has 1 atom stereocenters. The van der Waals surface area contributed by atoms with Crippen molar-refractivity contribution in [1.82, 2.24) is 14.5 Å². The fourth-order valence-corrected chi connectivity index (χ4v) is 1.75. The molecule has 112 valence electrons. The van der Waals surface area contributed by atoms with Crippen LogP contribution in [0.3, 0.4) is 0 Å². The molecule has 0 amide bonds. The van der Waals surface area contributed by atoms with Crippen molar-refractivity contribution in [2.75, 3.05) is 12.3 Å². The molecule has 0 aliphatic rings. The summed E-state index contributed by atoms with van der Waals surface area (Å²) in [5.74, 6) is 0.0870. The Hall–Kier alpha value is -2.16. The quantitative estimate of drug-likeness (QED) is 0.253. The molecule has 0 aliphatic carbocycles. The largest absolute Gasteiger partial charge is 0.370 e. The molecule has 1 rings (SSSR count). The molecule has 0 aromatic carbocycles. The maximum Gasteiger partial charge on any atom is 0.352 e. The summed E-state index contributed by atoms with van der Waals surface area (Å²) < 4.78 is 1.42. The van der Waals surface area contributed by atoms with Crippen LogP contribution >= 0.6 is 0 Å². The molecule has 1 aromatic rings. The van der Waals surface area contributed by atoms with Gasteiger partial charge in [0.1, 0.15) is 6.33 Å². The predicted octanol–water partition coefficient (Wildman–Crippen LogP) is -1.62. The van der Waals surface area contributed by atoms with Crippen LogP contribution in [0.2, 0.25) is 0 Å². The Balaban J connectivity index is 2.23. The van der Waals surface area contributed by atoms with Crippen LogP contribution in [-0.4, -0.2) is 33.1 Å². The Bertz CT molecular complexity index is 493. The van der Waals surface area contributed by atoms with Gasteiger partial charge in [-0.1, -0.05) is 0 Å². The van der Waals surface area contributed by atoms with E-state index in [0.717, 1.165) is 25.7 Å². The predicted molar refractivity (Wildman–Crippen MR) is 77.8 cm³/mol. The monoisotopic (exact) mass is 282 g/mol. The highest BCUT2D eigenvalue weighted by atomic mass is 16.1. The topological polar surface area (TPSA) is 164 Å². The smallest absolute Gasteiger partial charge is 0.352 e. The normalized spacial score (nSPS) is 12.1. The van der Waals surface area contributed by atoms with E-state index in [0.29, 0.717) is 13.1 Å². The van der Waals surface area contributed by atoms with Crippen LogP contribution in [0.25, 0.3) is 0 Å². The minimum atomic E-state index is -0.390. The third-order valence-electron chi connectivity index (χ3n) is 2.79. The van der Waals surface area contributed by atoms with Crippen molar-refractivity contribution in [3.63, 3.8) is 0 Å². The van der Waals surface area contributed by atoms with E-state index >= 15 is 0 Å². The van der Waals surface area contributed by atoms with Crippen LogP contribution in [-0.2, 0) is 6.54 Å². The van der Waals surface area contributed by atoms with Crippen LogP contribution in [0.15, 0.2) is 16.1 Å². The third-order valence-corrected chi connectivity index (χ3v) is 2.79. The van der Waals surface area contributed by atoms with E-state index in [9.17, 15) is 4.79 Å². The zero-order valence-corrected chi connectivity index (χ0v) is 11.4. The first-order valence-corrected chi connectivity index (χ1v) is 6.49. The summed E-state index contributed by atoms with van der Waals surface area (Å²) in [7, 11) is 0. The lowest BCUT2D eigenvalue weighted by atomic mass is 10.1. The molecule has 0 aliphatic heterocycles. The van der Waals surface area contributed by atoms with Crippen molar-refractivity contribution in [1.29, 1.82) is 0 Å². The lowest BCUT2D eigenvalue weighted by Crippen LogP contribution is -2.26. The van der Waals surface area contributed by atoms with E-state index in [1.165, 1.54) is 10.9 Å². The number of nitrogens with zero attached hydrogens (tertiary/aromatic N) is 4. The van der Waals surface area contributed by atoms with Gasteiger partial charge in [0.25, 0.3) is 0 Å². The zero-order chi connectivity index (χ0) is 15.0. The van der Waals surface area contributed by atoms with E-state index in [1.807, 2.05) is 0 Å². The van der Waals surface area contributed by atoms with E-state index in [2.05, 4.69) is 15.0 Å². The number of hydrogen-bond acceptors (Lipinski definition) is 6. The van der Waals surface area contributed by atoms with Gasteiger partial charge in [0.05, 0.1) is 0 Å². The molecule has 1 heterocycles. The second-order valence-corrected chi connectivity index (χ2v) is 4.54. The molecule has 0 spiro atoms. The van der Waals surface area contributed by atoms with E-state index in [1.54, 1.807) is 0 Å². The number of rotatable bonds is 8. The van der Waals surface area contributed by atoms with E-state index in [4.69, 9.17) is 22.9 Å². The second kappa shape index (κ2) is 8.10. The number of nitrogen functional groups attached to an aromatic ring is 1. The summed E-state index contributed by atoms with van der Waals surface area (Å²) in [6.07, 6.45) is 4.65. The van der Waals surface area contributed by atoms with Gasteiger partial charge in [0, 0.05) is 19.1 Å². The van der Waals surface area contributed by atoms with Crippen LogP contribution < -0.4 is 28.6 Å². The lowest BCUT2D eigenvalue weighted by molar-refractivity contribution is 0.490. The molecule has 20 heavy (non-hydrogen) atoms. The van der Waals surface area contributed by atoms with Crippen LogP contribution in [0.5, 0.6) is 0 Å². The minimum absolute atomic E-state index is 0.0114. The average molecular weight is 282 g/mol. The second-order valence-electron chi connectivity index (χ2n) is 4.54. The van der Waals surface area contributed by atoms with Gasteiger partial charge in [-0.15, -0.1) is 0 Å². The Morgan fingerprint density at radius 2 is 2.05 bits per heavy atom. The summed E-state index contributed by atoms with van der Waals surface area (Å²) >= 11 is 0. The number of anilines is 1. The standard InChI is InChI=1S/C11H22N8O/c12-8(3-1-5-16-9(13)14)4-2-6-19-7-17-10(15)18-11(19)20/h7-8H,1-6,12H2,(H4,13,14,16)(H2,15,18,20). The SMILES string of the molecule is NC(N)=NCCCC(N)CCCn1cnc(N)nc1=O. The summed E-state index contributed by atoms with van der Waals surface area (Å²) in [5, 5.41) is 0. The van der Waals surface area contributed by atoms with Crippen molar-refractivity contribution in [3.05, 3.63) is 16.8 Å². The first-order valence-electron chi connectivity index (χ1n) is 6.49. The molecule has 1 unspecified atom stereocenters. The summed E-state index contributed by atoms with van der Waals surface area (Å²) in [5.41, 5.74) is 21.3. The molecule has 0 radical (unpaired) electrons. The Kier molecular flexibility index (Phi) is 6.44. The summed E-state index contributed by atoms with van der Waals surface area (Å²) in [4.78, 5) is 22.7. The number of hydrogen-bond donors (Lipinski definition) is 4. The molecule has 0 saturated carbocycles. The highest BCUT2D eigenvalue weighted by Gasteiger charge is 2.04. The molecule has 0 saturated heterocycles. The van der Waals surface area contributed by atoms with Crippen molar-refractivity contribution in [2.24, 2.45) is 22.2 Å². The Morgan fingerprint density at radius 3 is 2.70 bits per heavy atom. The first-order chi connectivity index (χ1) is 9.49. The fourth-order valence-electron chi connectivity index (χ4n) is 1.75. The third kappa shape index (κ3) is 6.14. The number of aryl methyl sites for hydroxylation is 1. The van der Waals surface area contributed by atoms with Crippen molar-refractivity contribution >= 4 is 11.9 Å². The highest BCUT2D eigenvalue weighted by Crippen LogP contribution is 2.03. The summed E-state index contributed by atoms with van der Waals surface area (Å²) in [6.45, 7) is 1.11. The zero-order valence-electron chi connectivity index (χ0n) is 11.4. The molecule has 0 fully saturated rings. The molecule has 1 aromatic heterocycles. The van der Waals surface area contributed by atoms with Gasteiger partial charge in [-0.05, 0) is 25.7 Å². The Labute approximate surface area is 117 Å². The minimum Gasteiger partial charge on any atom is -0.370 e. The number of aliphatic imine (C=N–C) groups is 1. The van der Waals surface area contributed by atoms with Gasteiger partial charge < -0.3 is 22.9 Å². The van der Waals surface area contributed by atoms with Crippen molar-refractivity contribution in [2.45, 2.75) is 38.3 Å². The van der Waals surface area contributed by atoms with Crippen LogP contribution in [0, 0.1) is 0 Å². The maximum atomic E-state index is 11.5. The Morgan fingerprint density at radius 1 is 1.35 bits per heavy atom. The molecule has 9 heteroatoms. The first kappa shape index (κ1) is 15.9. The molecule has 9 nitrogen and oxygen atoms in total. The van der Waals surface area contributed by atoms with E-state index in [-0.39, 0.29) is 23.6 Å². The van der Waals surface area contributed by atoms with Gasteiger partial charge >= 0.3 is 5.69 Å². The van der Waals surface area contributed by atoms with Gasteiger partial charge in [-0.25, -0.2) is 9.78 Å². The van der Waals surface area contributed by atoms with Gasteiger partial charge in [0.2, 0.25) is 5.95 Å². The number of guanidine groups is 1. The molecule has 0 bridgehead atoms. The molecular formula is C11H22N8O. The number of aromatic nitrogens is 3. The van der Waals surface area contributed by atoms with Crippen molar-refractivity contribution < 1.29 is 0 Å². The van der Waals surface area contributed by atoms with Crippen LogP contribution in [0.1, 0.15) is 25.7 Å². The van der Waals surface area contributed by atoms with Gasteiger partial charge in [0.15, 0.2) is 5.96 Å². The van der Waals surface area contributed by atoms with Crippen molar-refractivity contribution in [3.8, 4) is 0 Å². The highest BCUT2D eigenvalue weighted by molar-refractivity contribution is 5.75. The maximum absolute atomic E-state index is 11.5.